The van der Waals surface area contributed by atoms with Crippen LogP contribution in [0.3, 0.4) is 0 Å². The lowest BCUT2D eigenvalue weighted by molar-refractivity contribution is -0.119. The van der Waals surface area contributed by atoms with Gasteiger partial charge in [-0.2, -0.15) is 4.31 Å². The lowest BCUT2D eigenvalue weighted by Crippen LogP contribution is -2.41. The molecule has 0 bridgehead atoms. The molecule has 2 aromatic carbocycles. The molecule has 1 heterocycles. The van der Waals surface area contributed by atoms with E-state index in [9.17, 15) is 21.6 Å². The summed E-state index contributed by atoms with van der Waals surface area (Å²) >= 11 is 0. The SMILES string of the molecule is Cc1ccc(OCCNC(=O)CN(c2ccc(S(=O)(=O)N3CCOCC3)cc2)S(C)(=O)=O)cc1. The zero-order valence-electron chi connectivity index (χ0n) is 19.1. The summed E-state index contributed by atoms with van der Waals surface area (Å²) in [5, 5.41) is 2.63. The second kappa shape index (κ2) is 11.2. The molecule has 12 heteroatoms. The Morgan fingerprint density at radius 1 is 1.03 bits per heavy atom. The highest BCUT2D eigenvalue weighted by Crippen LogP contribution is 2.23. The molecule has 1 fully saturated rings. The number of sulfonamides is 2. The topological polar surface area (TPSA) is 122 Å². The van der Waals surface area contributed by atoms with E-state index >= 15 is 0 Å². The molecule has 10 nitrogen and oxygen atoms in total. The summed E-state index contributed by atoms with van der Waals surface area (Å²) in [5.74, 6) is 0.160. The van der Waals surface area contributed by atoms with E-state index in [1.54, 1.807) is 0 Å². The van der Waals surface area contributed by atoms with Crippen LogP contribution in [-0.2, 0) is 29.6 Å². The first-order chi connectivity index (χ1) is 16.1. The van der Waals surface area contributed by atoms with E-state index in [1.165, 1.54) is 28.6 Å². The Morgan fingerprint density at radius 3 is 2.24 bits per heavy atom. The molecule has 1 aliphatic heterocycles. The van der Waals surface area contributed by atoms with E-state index in [2.05, 4.69) is 5.32 Å². The fraction of sp³-hybridized carbons (Fsp3) is 0.409. The van der Waals surface area contributed by atoms with Crippen LogP contribution in [0.5, 0.6) is 5.75 Å². The summed E-state index contributed by atoms with van der Waals surface area (Å²) in [4.78, 5) is 12.4. The fourth-order valence-corrected chi connectivity index (χ4v) is 5.56. The maximum atomic E-state index is 12.8. The van der Waals surface area contributed by atoms with Crippen LogP contribution >= 0.6 is 0 Å². The van der Waals surface area contributed by atoms with Crippen LogP contribution in [0.2, 0.25) is 0 Å². The summed E-state index contributed by atoms with van der Waals surface area (Å²) in [6.45, 7) is 3.10. The summed E-state index contributed by atoms with van der Waals surface area (Å²) in [5.41, 5.74) is 1.29. The quantitative estimate of drug-likeness (QED) is 0.472. The number of ether oxygens (including phenoxy) is 2. The van der Waals surface area contributed by atoms with Gasteiger partial charge >= 0.3 is 0 Å². The number of carbonyl (C=O) groups excluding carboxylic acids is 1. The molecule has 2 aromatic rings. The second-order valence-corrected chi connectivity index (χ2v) is 11.6. The van der Waals surface area contributed by atoms with E-state index in [4.69, 9.17) is 9.47 Å². The third-order valence-corrected chi connectivity index (χ3v) is 8.19. The number of morpholine rings is 1. The Labute approximate surface area is 200 Å². The van der Waals surface area contributed by atoms with Crippen molar-refractivity contribution in [2.24, 2.45) is 0 Å². The molecule has 0 unspecified atom stereocenters. The standard InChI is InChI=1S/C22H29N3O7S2/c1-18-3-7-20(8-4-18)32-14-11-23-22(26)17-25(33(2,27)28)19-5-9-21(10-6-19)34(29,30)24-12-15-31-16-13-24/h3-10H,11-17H2,1-2H3,(H,23,26). The van der Waals surface area contributed by atoms with Crippen molar-refractivity contribution >= 4 is 31.6 Å². The first kappa shape index (κ1) is 25.9. The highest BCUT2D eigenvalue weighted by Gasteiger charge is 2.27. The van der Waals surface area contributed by atoms with Crippen molar-refractivity contribution in [3.05, 3.63) is 54.1 Å². The molecule has 0 radical (unpaired) electrons. The number of amides is 1. The molecule has 1 aliphatic rings. The lowest BCUT2D eigenvalue weighted by Gasteiger charge is -2.26. The summed E-state index contributed by atoms with van der Waals surface area (Å²) < 4.78 is 63.2. The number of aryl methyl sites for hydroxylation is 1. The predicted octanol–water partition coefficient (Wildman–Crippen LogP) is 0.977. The van der Waals surface area contributed by atoms with Crippen LogP contribution in [-0.4, -0.2) is 79.3 Å². The van der Waals surface area contributed by atoms with Gasteiger partial charge in [-0.25, -0.2) is 16.8 Å². The van der Waals surface area contributed by atoms with Gasteiger partial charge in [-0.3, -0.25) is 9.10 Å². The Kier molecular flexibility index (Phi) is 8.52. The number of benzene rings is 2. The number of hydrogen-bond donors (Lipinski definition) is 1. The highest BCUT2D eigenvalue weighted by molar-refractivity contribution is 7.92. The van der Waals surface area contributed by atoms with Crippen LogP contribution in [0.15, 0.2) is 53.4 Å². The molecule has 3 rings (SSSR count). The van der Waals surface area contributed by atoms with Crippen molar-refractivity contribution in [3.8, 4) is 5.75 Å². The fourth-order valence-electron chi connectivity index (χ4n) is 3.30. The first-order valence-corrected chi connectivity index (χ1v) is 14.0. The number of rotatable bonds is 10. The Bertz CT molecular complexity index is 1180. The highest BCUT2D eigenvalue weighted by atomic mass is 32.2. The smallest absolute Gasteiger partial charge is 0.243 e. The number of nitrogens with zero attached hydrogens (tertiary/aromatic N) is 2. The molecule has 1 amide bonds. The zero-order chi connectivity index (χ0) is 24.8. The minimum Gasteiger partial charge on any atom is -0.492 e. The van der Waals surface area contributed by atoms with Gasteiger partial charge in [0.1, 0.15) is 18.9 Å². The first-order valence-electron chi connectivity index (χ1n) is 10.7. The van der Waals surface area contributed by atoms with Gasteiger partial charge in [0.05, 0.1) is 36.6 Å². The Morgan fingerprint density at radius 2 is 1.65 bits per heavy atom. The van der Waals surface area contributed by atoms with Gasteiger partial charge in [0.2, 0.25) is 26.0 Å². The molecule has 34 heavy (non-hydrogen) atoms. The third-order valence-electron chi connectivity index (χ3n) is 5.13. The van der Waals surface area contributed by atoms with Crippen LogP contribution in [0.4, 0.5) is 5.69 Å². The van der Waals surface area contributed by atoms with Crippen molar-refractivity contribution in [3.63, 3.8) is 0 Å². The van der Waals surface area contributed by atoms with Crippen molar-refractivity contribution in [2.75, 3.05) is 56.6 Å². The lowest BCUT2D eigenvalue weighted by atomic mass is 10.2. The number of nitrogens with one attached hydrogen (secondary N) is 1. The van der Waals surface area contributed by atoms with Crippen LogP contribution < -0.4 is 14.4 Å². The van der Waals surface area contributed by atoms with Crippen LogP contribution in [0.1, 0.15) is 5.56 Å². The van der Waals surface area contributed by atoms with Gasteiger partial charge in [0, 0.05) is 13.1 Å². The van der Waals surface area contributed by atoms with Gasteiger partial charge in [0.25, 0.3) is 0 Å². The Balaban J connectivity index is 1.60. The molecule has 0 saturated carbocycles. The number of hydrogen-bond acceptors (Lipinski definition) is 7. The zero-order valence-corrected chi connectivity index (χ0v) is 20.8. The molecule has 186 valence electrons. The predicted molar refractivity (Wildman–Crippen MR) is 128 cm³/mol. The average molecular weight is 512 g/mol. The van der Waals surface area contributed by atoms with Crippen LogP contribution in [0.25, 0.3) is 0 Å². The minimum atomic E-state index is -3.79. The van der Waals surface area contributed by atoms with Gasteiger partial charge in [-0.05, 0) is 43.3 Å². The summed E-state index contributed by atoms with van der Waals surface area (Å²) in [6, 6.07) is 12.9. The molecular formula is C22H29N3O7S2. The summed E-state index contributed by atoms with van der Waals surface area (Å²) in [7, 11) is -7.51. The monoisotopic (exact) mass is 511 g/mol. The number of carbonyl (C=O) groups is 1. The van der Waals surface area contributed by atoms with Gasteiger partial charge in [-0.1, -0.05) is 17.7 Å². The molecular weight excluding hydrogens is 482 g/mol. The molecule has 1 N–H and O–H groups in total. The maximum absolute atomic E-state index is 12.8. The van der Waals surface area contributed by atoms with E-state index in [0.717, 1.165) is 16.1 Å². The van der Waals surface area contributed by atoms with Gasteiger partial charge < -0.3 is 14.8 Å². The van der Waals surface area contributed by atoms with Crippen molar-refractivity contribution in [2.45, 2.75) is 11.8 Å². The normalized spacial score (nSPS) is 15.0. The van der Waals surface area contributed by atoms with Crippen molar-refractivity contribution in [1.29, 1.82) is 0 Å². The van der Waals surface area contributed by atoms with Crippen molar-refractivity contribution in [1.82, 2.24) is 9.62 Å². The van der Waals surface area contributed by atoms with Gasteiger partial charge in [0.15, 0.2) is 0 Å². The molecule has 0 aliphatic carbocycles. The van der Waals surface area contributed by atoms with E-state index in [1.807, 2.05) is 31.2 Å². The minimum absolute atomic E-state index is 0.0457. The van der Waals surface area contributed by atoms with Crippen LogP contribution in [0, 0.1) is 6.92 Å². The largest absolute Gasteiger partial charge is 0.492 e. The second-order valence-electron chi connectivity index (χ2n) is 7.79. The summed E-state index contributed by atoms with van der Waals surface area (Å²) in [6.07, 6.45) is 0.985. The third kappa shape index (κ3) is 6.92. The Hall–Kier alpha value is -2.67. The molecule has 1 saturated heterocycles. The van der Waals surface area contributed by atoms with Crippen molar-refractivity contribution < 1.29 is 31.1 Å². The maximum Gasteiger partial charge on any atom is 0.243 e. The average Bonchev–Trinajstić information content (AvgIpc) is 2.81. The van der Waals surface area contributed by atoms with E-state index < -0.39 is 32.5 Å². The van der Waals surface area contributed by atoms with E-state index in [-0.39, 0.29) is 36.8 Å². The molecule has 0 aromatic heterocycles. The van der Waals surface area contributed by atoms with Gasteiger partial charge in [-0.15, -0.1) is 0 Å². The number of anilines is 1. The van der Waals surface area contributed by atoms with E-state index in [0.29, 0.717) is 19.0 Å². The molecule has 0 atom stereocenters. The molecule has 0 spiro atoms.